The molecule has 1 N–H and O–H groups in total. The van der Waals surface area contributed by atoms with Crippen LogP contribution in [0.25, 0.3) is 0 Å². The highest BCUT2D eigenvalue weighted by Gasteiger charge is 2.28. The Morgan fingerprint density at radius 3 is 2.50 bits per heavy atom. The van der Waals surface area contributed by atoms with E-state index in [1.807, 2.05) is 0 Å². The summed E-state index contributed by atoms with van der Waals surface area (Å²) < 4.78 is 13.7. The van der Waals surface area contributed by atoms with E-state index in [4.69, 9.17) is 5.11 Å². The second kappa shape index (κ2) is 6.50. The van der Waals surface area contributed by atoms with Gasteiger partial charge < -0.3 is 10.0 Å². The minimum absolute atomic E-state index is 0.0183. The minimum atomic E-state index is -0.950. The lowest BCUT2D eigenvalue weighted by Crippen LogP contribution is -2.40. The molecule has 4 nitrogen and oxygen atoms in total. The maximum Gasteiger partial charge on any atom is 0.305 e. The molecule has 1 aliphatic carbocycles. The number of aliphatic carboxylic acids is 1. The lowest BCUT2D eigenvalue weighted by molar-refractivity contribution is -0.137. The molecule has 108 valence electrons. The van der Waals surface area contributed by atoms with Crippen molar-refractivity contribution in [3.63, 3.8) is 0 Å². The van der Waals surface area contributed by atoms with Crippen LogP contribution < -0.4 is 0 Å². The molecule has 0 unspecified atom stereocenters. The summed E-state index contributed by atoms with van der Waals surface area (Å²) in [5, 5.41) is 8.80. The first kappa shape index (κ1) is 14.5. The predicted octanol–water partition coefficient (Wildman–Crippen LogP) is 2.69. The molecule has 0 aliphatic heterocycles. The average molecular weight is 279 g/mol. The Labute approximate surface area is 117 Å². The highest BCUT2D eigenvalue weighted by atomic mass is 19.1. The van der Waals surface area contributed by atoms with Crippen molar-refractivity contribution in [3.8, 4) is 0 Å². The van der Waals surface area contributed by atoms with E-state index in [1.54, 1.807) is 6.07 Å². The van der Waals surface area contributed by atoms with Gasteiger partial charge in [-0.2, -0.15) is 0 Å². The molecule has 1 aromatic rings. The third-order valence-corrected chi connectivity index (χ3v) is 3.70. The molecule has 1 amide bonds. The summed E-state index contributed by atoms with van der Waals surface area (Å²) in [6.45, 7) is 0.132. The predicted molar refractivity (Wildman–Crippen MR) is 71.9 cm³/mol. The first-order valence-electron chi connectivity index (χ1n) is 6.87. The van der Waals surface area contributed by atoms with Crippen molar-refractivity contribution in [2.45, 2.75) is 38.1 Å². The Morgan fingerprint density at radius 1 is 1.25 bits per heavy atom. The Kier molecular flexibility index (Phi) is 4.71. The van der Waals surface area contributed by atoms with Crippen LogP contribution in [-0.2, 0) is 4.79 Å². The maximum atomic E-state index is 13.7. The zero-order chi connectivity index (χ0) is 14.5. The minimum Gasteiger partial charge on any atom is -0.481 e. The van der Waals surface area contributed by atoms with Crippen molar-refractivity contribution in [3.05, 3.63) is 35.6 Å². The highest BCUT2D eigenvalue weighted by molar-refractivity contribution is 5.94. The van der Waals surface area contributed by atoms with Gasteiger partial charge in [-0.3, -0.25) is 9.59 Å². The number of carbonyl (C=O) groups is 2. The first-order chi connectivity index (χ1) is 9.59. The molecule has 2 rings (SSSR count). The van der Waals surface area contributed by atoms with Crippen LogP contribution in [0.5, 0.6) is 0 Å². The van der Waals surface area contributed by atoms with Crippen molar-refractivity contribution in [2.75, 3.05) is 6.54 Å². The first-order valence-corrected chi connectivity index (χ1v) is 6.87. The topological polar surface area (TPSA) is 57.6 Å². The number of nitrogens with zero attached hydrogens (tertiary/aromatic N) is 1. The molecule has 0 heterocycles. The summed E-state index contributed by atoms with van der Waals surface area (Å²) in [5.41, 5.74) is 0.0183. The summed E-state index contributed by atoms with van der Waals surface area (Å²) in [7, 11) is 0. The molecule has 0 bridgehead atoms. The van der Waals surface area contributed by atoms with E-state index < -0.39 is 17.7 Å². The number of halogens is 1. The van der Waals surface area contributed by atoms with Gasteiger partial charge >= 0.3 is 5.97 Å². The molecule has 0 spiro atoms. The van der Waals surface area contributed by atoms with E-state index in [0.29, 0.717) is 0 Å². The van der Waals surface area contributed by atoms with Crippen molar-refractivity contribution in [1.29, 1.82) is 0 Å². The molecule has 5 heteroatoms. The van der Waals surface area contributed by atoms with Gasteiger partial charge in [0.15, 0.2) is 0 Å². The molecule has 1 fully saturated rings. The van der Waals surface area contributed by atoms with Crippen LogP contribution in [-0.4, -0.2) is 34.5 Å². The standard InChI is InChI=1S/C15H18FNO3/c16-13-8-4-3-7-12(13)15(20)17(10-9-14(18)19)11-5-1-2-6-11/h3-4,7-8,11H,1-2,5-6,9-10H2,(H,18,19). The van der Waals surface area contributed by atoms with E-state index in [2.05, 4.69) is 0 Å². The summed E-state index contributed by atoms with van der Waals surface area (Å²) in [6, 6.07) is 5.86. The third kappa shape index (κ3) is 3.35. The van der Waals surface area contributed by atoms with Gasteiger partial charge in [-0.25, -0.2) is 4.39 Å². The molecule has 0 aromatic heterocycles. The van der Waals surface area contributed by atoms with Crippen LogP contribution in [0.3, 0.4) is 0 Å². The summed E-state index contributed by atoms with van der Waals surface area (Å²) >= 11 is 0. The van der Waals surface area contributed by atoms with Crippen LogP contribution in [0, 0.1) is 5.82 Å². The van der Waals surface area contributed by atoms with Crippen LogP contribution in [0.4, 0.5) is 4.39 Å². The number of benzene rings is 1. The van der Waals surface area contributed by atoms with Gasteiger partial charge in [-0.05, 0) is 25.0 Å². The average Bonchev–Trinajstić information content (AvgIpc) is 2.93. The van der Waals surface area contributed by atoms with Gasteiger partial charge in [0.2, 0.25) is 0 Å². The second-order valence-corrected chi connectivity index (χ2v) is 5.06. The molecular weight excluding hydrogens is 261 g/mol. The quantitative estimate of drug-likeness (QED) is 0.901. The largest absolute Gasteiger partial charge is 0.481 e. The SMILES string of the molecule is O=C(O)CCN(C(=O)c1ccccc1F)C1CCCC1. The van der Waals surface area contributed by atoms with Gasteiger partial charge in [0, 0.05) is 12.6 Å². The van der Waals surface area contributed by atoms with Crippen molar-refractivity contribution in [1.82, 2.24) is 4.90 Å². The summed E-state index contributed by atoms with van der Waals surface area (Å²) in [4.78, 5) is 24.7. The fourth-order valence-electron chi connectivity index (χ4n) is 2.67. The lowest BCUT2D eigenvalue weighted by atomic mass is 10.1. The Morgan fingerprint density at radius 2 is 1.90 bits per heavy atom. The van der Waals surface area contributed by atoms with Crippen molar-refractivity contribution in [2.24, 2.45) is 0 Å². The van der Waals surface area contributed by atoms with Gasteiger partial charge in [0.05, 0.1) is 12.0 Å². The monoisotopic (exact) mass is 279 g/mol. The number of carbonyl (C=O) groups excluding carboxylic acids is 1. The third-order valence-electron chi connectivity index (χ3n) is 3.70. The number of hydrogen-bond acceptors (Lipinski definition) is 2. The van der Waals surface area contributed by atoms with Crippen LogP contribution in [0.2, 0.25) is 0 Å². The zero-order valence-electron chi connectivity index (χ0n) is 11.2. The number of rotatable bonds is 5. The molecule has 1 saturated carbocycles. The normalized spacial score (nSPS) is 15.2. The molecule has 0 saturated heterocycles. The molecule has 1 aromatic carbocycles. The van der Waals surface area contributed by atoms with E-state index in [1.165, 1.54) is 23.1 Å². The van der Waals surface area contributed by atoms with Gasteiger partial charge in [-0.1, -0.05) is 25.0 Å². The number of hydrogen-bond donors (Lipinski definition) is 1. The van der Waals surface area contributed by atoms with Crippen LogP contribution in [0.1, 0.15) is 42.5 Å². The number of carboxylic acids is 1. The second-order valence-electron chi connectivity index (χ2n) is 5.06. The summed E-state index contributed by atoms with van der Waals surface area (Å²) in [5.74, 6) is -1.92. The van der Waals surface area contributed by atoms with Gasteiger partial charge in [0.25, 0.3) is 5.91 Å². The summed E-state index contributed by atoms with van der Waals surface area (Å²) in [6.07, 6.45) is 3.66. The molecule has 1 aliphatic rings. The van der Waals surface area contributed by atoms with E-state index in [9.17, 15) is 14.0 Å². The van der Waals surface area contributed by atoms with Crippen molar-refractivity contribution < 1.29 is 19.1 Å². The fourth-order valence-corrected chi connectivity index (χ4v) is 2.67. The maximum absolute atomic E-state index is 13.7. The molecule has 0 radical (unpaired) electrons. The van der Waals surface area contributed by atoms with E-state index in [-0.39, 0.29) is 24.6 Å². The highest BCUT2D eigenvalue weighted by Crippen LogP contribution is 2.25. The van der Waals surface area contributed by atoms with Crippen LogP contribution in [0.15, 0.2) is 24.3 Å². The van der Waals surface area contributed by atoms with Crippen molar-refractivity contribution >= 4 is 11.9 Å². The molecular formula is C15H18FNO3. The number of carboxylic acid groups (broad SMARTS) is 1. The van der Waals surface area contributed by atoms with E-state index >= 15 is 0 Å². The Balaban J connectivity index is 2.18. The van der Waals surface area contributed by atoms with E-state index in [0.717, 1.165) is 25.7 Å². The fraction of sp³-hybridized carbons (Fsp3) is 0.467. The smallest absolute Gasteiger partial charge is 0.305 e. The van der Waals surface area contributed by atoms with Gasteiger partial charge in [-0.15, -0.1) is 0 Å². The van der Waals surface area contributed by atoms with Crippen LogP contribution >= 0.6 is 0 Å². The zero-order valence-corrected chi connectivity index (χ0v) is 11.2. The van der Waals surface area contributed by atoms with Gasteiger partial charge in [0.1, 0.15) is 5.82 Å². The Bertz CT molecular complexity index is 498. The number of amides is 1. The lowest BCUT2D eigenvalue weighted by Gasteiger charge is -2.28. The molecule has 0 atom stereocenters. The Hall–Kier alpha value is -1.91. The molecule has 20 heavy (non-hydrogen) atoms.